The number of aryl methyl sites for hydroxylation is 1. The average Bonchev–Trinajstić information content (AvgIpc) is 2.36. The van der Waals surface area contributed by atoms with Crippen LogP contribution in [0, 0.1) is 11.5 Å². The summed E-state index contributed by atoms with van der Waals surface area (Å²) in [6, 6.07) is 1.53. The second-order valence-corrected chi connectivity index (χ2v) is 1.91. The molecule has 0 aliphatic heterocycles. The fourth-order valence-corrected chi connectivity index (χ4v) is 0.711. The van der Waals surface area contributed by atoms with E-state index in [0.717, 1.165) is 0 Å². The van der Waals surface area contributed by atoms with Crippen molar-refractivity contribution in [2.24, 2.45) is 7.05 Å². The van der Waals surface area contributed by atoms with Gasteiger partial charge in [-0.1, -0.05) is 0 Å². The summed E-state index contributed by atoms with van der Waals surface area (Å²) in [6.07, 6.45) is 3.03. The van der Waals surface area contributed by atoms with E-state index in [1.54, 1.807) is 13.2 Å². The maximum absolute atomic E-state index is 10.9. The van der Waals surface area contributed by atoms with E-state index in [-0.39, 0.29) is 0 Å². The molecule has 1 N–H and O–H groups in total. The number of carbonyl (C=O) groups is 1. The SMILES string of the molecule is Cn1nccc1C(=O)NC#N. The number of carbonyl (C=O) groups excluding carboxylic acids is 1. The predicted octanol–water partition coefficient (Wildman–Crippen LogP) is -0.369. The molecule has 5 heteroatoms. The van der Waals surface area contributed by atoms with Crippen molar-refractivity contribution in [2.75, 3.05) is 0 Å². The number of amides is 1. The molecule has 0 spiro atoms. The molecular formula is C6H6N4O. The summed E-state index contributed by atoms with van der Waals surface area (Å²) in [5.41, 5.74) is 0.367. The zero-order chi connectivity index (χ0) is 8.27. The molecular weight excluding hydrogens is 144 g/mol. The normalized spacial score (nSPS) is 8.73. The number of nitriles is 1. The third-order valence-electron chi connectivity index (χ3n) is 1.22. The van der Waals surface area contributed by atoms with E-state index < -0.39 is 5.91 Å². The molecule has 0 aliphatic rings. The number of nitrogens with zero attached hydrogens (tertiary/aromatic N) is 3. The van der Waals surface area contributed by atoms with Gasteiger partial charge in [0, 0.05) is 13.2 Å². The molecule has 1 heterocycles. The number of hydrogen-bond acceptors (Lipinski definition) is 3. The molecule has 0 fully saturated rings. The van der Waals surface area contributed by atoms with Gasteiger partial charge < -0.3 is 0 Å². The molecule has 0 bridgehead atoms. The first-order valence-corrected chi connectivity index (χ1v) is 2.93. The lowest BCUT2D eigenvalue weighted by Crippen LogP contribution is -2.20. The first kappa shape index (κ1) is 7.28. The summed E-state index contributed by atoms with van der Waals surface area (Å²) in [6.45, 7) is 0. The lowest BCUT2D eigenvalue weighted by Gasteiger charge is -1.95. The minimum atomic E-state index is -0.437. The monoisotopic (exact) mass is 150 g/mol. The van der Waals surface area contributed by atoms with Gasteiger partial charge in [0.1, 0.15) is 5.69 Å². The lowest BCUT2D eigenvalue weighted by molar-refractivity contribution is 0.0963. The molecule has 0 atom stereocenters. The summed E-state index contributed by atoms with van der Waals surface area (Å²) < 4.78 is 1.40. The molecule has 0 unspecified atom stereocenters. The summed E-state index contributed by atoms with van der Waals surface area (Å²) in [7, 11) is 1.63. The fraction of sp³-hybridized carbons (Fsp3) is 0.167. The van der Waals surface area contributed by atoms with Crippen LogP contribution >= 0.6 is 0 Å². The van der Waals surface area contributed by atoms with Crippen molar-refractivity contribution < 1.29 is 4.79 Å². The molecule has 1 rings (SSSR count). The average molecular weight is 150 g/mol. The van der Waals surface area contributed by atoms with Crippen LogP contribution in [0.15, 0.2) is 12.3 Å². The van der Waals surface area contributed by atoms with Crippen molar-refractivity contribution in [3.05, 3.63) is 18.0 Å². The quantitative estimate of drug-likeness (QED) is 0.438. The zero-order valence-electron chi connectivity index (χ0n) is 5.90. The van der Waals surface area contributed by atoms with Crippen molar-refractivity contribution in [1.29, 1.82) is 5.26 Å². The van der Waals surface area contributed by atoms with Crippen molar-refractivity contribution in [1.82, 2.24) is 15.1 Å². The number of aromatic nitrogens is 2. The van der Waals surface area contributed by atoms with Crippen molar-refractivity contribution >= 4 is 5.91 Å². The van der Waals surface area contributed by atoms with Crippen LogP contribution in [0.1, 0.15) is 10.5 Å². The highest BCUT2D eigenvalue weighted by molar-refractivity contribution is 5.93. The van der Waals surface area contributed by atoms with Gasteiger partial charge >= 0.3 is 0 Å². The van der Waals surface area contributed by atoms with E-state index in [9.17, 15) is 4.79 Å². The van der Waals surface area contributed by atoms with Gasteiger partial charge in [0.15, 0.2) is 6.19 Å². The first-order chi connectivity index (χ1) is 5.25. The van der Waals surface area contributed by atoms with E-state index >= 15 is 0 Å². The molecule has 0 saturated heterocycles. The first-order valence-electron chi connectivity index (χ1n) is 2.93. The Morgan fingerprint density at radius 2 is 2.64 bits per heavy atom. The van der Waals surface area contributed by atoms with E-state index in [1.165, 1.54) is 16.9 Å². The number of hydrogen-bond donors (Lipinski definition) is 1. The Labute approximate surface area is 63.2 Å². The minimum absolute atomic E-state index is 0.367. The van der Waals surface area contributed by atoms with Gasteiger partial charge in [-0.15, -0.1) is 0 Å². The second-order valence-electron chi connectivity index (χ2n) is 1.91. The minimum Gasteiger partial charge on any atom is -0.266 e. The molecule has 1 aromatic heterocycles. The molecule has 0 radical (unpaired) electrons. The summed E-state index contributed by atoms with van der Waals surface area (Å²) in [4.78, 5) is 10.9. The number of nitrogens with one attached hydrogen (secondary N) is 1. The van der Waals surface area contributed by atoms with E-state index in [4.69, 9.17) is 5.26 Å². The van der Waals surface area contributed by atoms with Gasteiger partial charge in [-0.25, -0.2) is 0 Å². The smallest absolute Gasteiger partial charge is 0.266 e. The Kier molecular flexibility index (Phi) is 1.88. The standard InChI is InChI=1S/C6H6N4O/c1-10-5(2-3-9-10)6(11)8-4-7/h2-3H,1H3,(H,8,11). The van der Waals surface area contributed by atoms with Crippen LogP contribution in [0.2, 0.25) is 0 Å². The van der Waals surface area contributed by atoms with Crippen molar-refractivity contribution in [3.8, 4) is 6.19 Å². The third kappa shape index (κ3) is 1.35. The Morgan fingerprint density at radius 1 is 1.91 bits per heavy atom. The van der Waals surface area contributed by atoms with Crippen LogP contribution in [-0.2, 0) is 7.05 Å². The fourth-order valence-electron chi connectivity index (χ4n) is 0.711. The maximum Gasteiger partial charge on any atom is 0.282 e. The molecule has 0 aliphatic carbocycles. The summed E-state index contributed by atoms with van der Waals surface area (Å²) in [5.74, 6) is -0.437. The molecule has 11 heavy (non-hydrogen) atoms. The van der Waals surface area contributed by atoms with E-state index in [2.05, 4.69) is 5.10 Å². The van der Waals surface area contributed by atoms with Gasteiger partial charge in [0.05, 0.1) is 0 Å². The summed E-state index contributed by atoms with van der Waals surface area (Å²) >= 11 is 0. The van der Waals surface area contributed by atoms with Crippen LogP contribution in [0.25, 0.3) is 0 Å². The number of rotatable bonds is 1. The Morgan fingerprint density at radius 3 is 3.09 bits per heavy atom. The molecule has 0 saturated carbocycles. The Balaban J connectivity index is 2.86. The summed E-state index contributed by atoms with van der Waals surface area (Å²) in [5, 5.41) is 13.9. The van der Waals surface area contributed by atoms with Gasteiger partial charge in [-0.3, -0.25) is 14.8 Å². The molecule has 5 nitrogen and oxygen atoms in total. The van der Waals surface area contributed by atoms with Crippen LogP contribution in [-0.4, -0.2) is 15.7 Å². The zero-order valence-corrected chi connectivity index (χ0v) is 5.90. The van der Waals surface area contributed by atoms with Gasteiger partial charge in [0.2, 0.25) is 0 Å². The van der Waals surface area contributed by atoms with Crippen LogP contribution in [0.4, 0.5) is 0 Å². The highest BCUT2D eigenvalue weighted by Crippen LogP contribution is 1.94. The van der Waals surface area contributed by atoms with E-state index in [0.29, 0.717) is 5.69 Å². The Hall–Kier alpha value is -1.83. The topological polar surface area (TPSA) is 70.7 Å². The molecule has 1 aromatic rings. The van der Waals surface area contributed by atoms with Gasteiger partial charge in [-0.05, 0) is 6.07 Å². The van der Waals surface area contributed by atoms with E-state index in [1.807, 2.05) is 5.32 Å². The highest BCUT2D eigenvalue weighted by atomic mass is 16.1. The Bertz CT molecular complexity index is 309. The third-order valence-corrected chi connectivity index (χ3v) is 1.22. The van der Waals surface area contributed by atoms with Crippen molar-refractivity contribution in [2.45, 2.75) is 0 Å². The highest BCUT2D eigenvalue weighted by Gasteiger charge is 2.07. The van der Waals surface area contributed by atoms with Crippen LogP contribution in [0.3, 0.4) is 0 Å². The van der Waals surface area contributed by atoms with Crippen LogP contribution in [0.5, 0.6) is 0 Å². The molecule has 56 valence electrons. The molecule has 1 amide bonds. The maximum atomic E-state index is 10.9. The largest absolute Gasteiger partial charge is 0.282 e. The predicted molar refractivity (Wildman–Crippen MR) is 36.3 cm³/mol. The molecule has 0 aromatic carbocycles. The second kappa shape index (κ2) is 2.84. The van der Waals surface area contributed by atoms with Gasteiger partial charge in [-0.2, -0.15) is 10.4 Å². The van der Waals surface area contributed by atoms with Crippen LogP contribution < -0.4 is 5.32 Å². The van der Waals surface area contributed by atoms with Gasteiger partial charge in [0.25, 0.3) is 5.91 Å². The van der Waals surface area contributed by atoms with Crippen molar-refractivity contribution in [3.63, 3.8) is 0 Å². The lowest BCUT2D eigenvalue weighted by atomic mass is 10.4.